The van der Waals surface area contributed by atoms with Crippen LogP contribution in [0.5, 0.6) is 0 Å². The maximum absolute atomic E-state index is 13.5. The number of nitrogens with two attached hydrogens (primary N) is 1. The Morgan fingerprint density at radius 1 is 1.26 bits per heavy atom. The van der Waals surface area contributed by atoms with Crippen LogP contribution in [0.1, 0.15) is 16.2 Å². The van der Waals surface area contributed by atoms with Gasteiger partial charge in [-0.15, -0.1) is 0 Å². The van der Waals surface area contributed by atoms with Crippen LogP contribution in [-0.2, 0) is 0 Å². The minimum absolute atomic E-state index is 0.0556. The number of nitrogens with one attached hydrogen (secondary N) is 1. The highest BCUT2D eigenvalue weighted by Gasteiger charge is 2.16. The number of pyridine rings is 1. The van der Waals surface area contributed by atoms with E-state index in [1.807, 2.05) is 0 Å². The van der Waals surface area contributed by atoms with Gasteiger partial charge in [0.1, 0.15) is 11.4 Å². The third kappa shape index (κ3) is 2.67. The number of rotatable bonds is 2. The Labute approximate surface area is 108 Å². The van der Waals surface area contributed by atoms with E-state index >= 15 is 0 Å². The molecule has 0 spiro atoms. The van der Waals surface area contributed by atoms with Gasteiger partial charge in [0.2, 0.25) is 0 Å². The Morgan fingerprint density at radius 2 is 2.00 bits per heavy atom. The van der Waals surface area contributed by atoms with Gasteiger partial charge in [0.25, 0.3) is 5.91 Å². The summed E-state index contributed by atoms with van der Waals surface area (Å²) in [6.45, 7) is 1.72. The minimum atomic E-state index is -1.19. The Bertz CT molecular complexity index is 644. The molecule has 6 heteroatoms. The molecule has 0 radical (unpaired) electrons. The van der Waals surface area contributed by atoms with Crippen LogP contribution in [0.2, 0.25) is 0 Å². The standard InChI is InChI=1S/C13H11F2N3O/c1-7-3-2-4-10(17-7)13(19)18-12-9(16)6-5-8(14)11(12)15/h2-6H,16H2,1H3,(H,18,19). The number of amides is 1. The SMILES string of the molecule is Cc1cccc(C(=O)Nc2c(N)ccc(F)c2F)n1. The smallest absolute Gasteiger partial charge is 0.274 e. The van der Waals surface area contributed by atoms with Crippen LogP contribution in [0.25, 0.3) is 0 Å². The van der Waals surface area contributed by atoms with E-state index in [4.69, 9.17) is 5.73 Å². The molecular formula is C13H11F2N3O. The lowest BCUT2D eigenvalue weighted by atomic mass is 10.2. The number of benzene rings is 1. The summed E-state index contributed by atoms with van der Waals surface area (Å²) in [5, 5.41) is 2.22. The van der Waals surface area contributed by atoms with Gasteiger partial charge in [0.05, 0.1) is 5.69 Å². The number of carbonyl (C=O) groups is 1. The van der Waals surface area contributed by atoms with Crippen molar-refractivity contribution in [3.63, 3.8) is 0 Å². The number of nitrogen functional groups attached to an aromatic ring is 1. The molecule has 4 nitrogen and oxygen atoms in total. The van der Waals surface area contributed by atoms with Gasteiger partial charge >= 0.3 is 0 Å². The van der Waals surface area contributed by atoms with Crippen molar-refractivity contribution in [3.05, 3.63) is 53.4 Å². The molecule has 1 aromatic carbocycles. The third-order valence-electron chi connectivity index (χ3n) is 2.49. The lowest BCUT2D eigenvalue weighted by Crippen LogP contribution is -2.16. The predicted molar refractivity (Wildman–Crippen MR) is 67.7 cm³/mol. The van der Waals surface area contributed by atoms with Crippen molar-refractivity contribution in [1.29, 1.82) is 0 Å². The van der Waals surface area contributed by atoms with Crippen LogP contribution >= 0.6 is 0 Å². The maximum Gasteiger partial charge on any atom is 0.274 e. The molecule has 1 heterocycles. The van der Waals surface area contributed by atoms with Gasteiger partial charge in [-0.1, -0.05) is 6.07 Å². The molecule has 0 aliphatic heterocycles. The lowest BCUT2D eigenvalue weighted by molar-refractivity contribution is 0.102. The van der Waals surface area contributed by atoms with Crippen molar-refractivity contribution >= 4 is 17.3 Å². The molecule has 0 unspecified atom stereocenters. The first kappa shape index (κ1) is 12.9. The fourth-order valence-electron chi connectivity index (χ4n) is 1.54. The van der Waals surface area contributed by atoms with Crippen molar-refractivity contribution in [2.45, 2.75) is 6.92 Å². The monoisotopic (exact) mass is 263 g/mol. The van der Waals surface area contributed by atoms with E-state index in [0.29, 0.717) is 5.69 Å². The zero-order valence-corrected chi connectivity index (χ0v) is 10.1. The molecule has 0 aliphatic carbocycles. The Balaban J connectivity index is 2.32. The van der Waals surface area contributed by atoms with Crippen molar-refractivity contribution in [2.75, 3.05) is 11.1 Å². The molecule has 3 N–H and O–H groups in total. The summed E-state index contributed by atoms with van der Waals surface area (Å²) < 4.78 is 26.6. The number of anilines is 2. The van der Waals surface area contributed by atoms with E-state index in [-0.39, 0.29) is 17.1 Å². The highest BCUT2D eigenvalue weighted by molar-refractivity contribution is 6.04. The molecular weight excluding hydrogens is 252 g/mol. The van der Waals surface area contributed by atoms with Gasteiger partial charge in [0, 0.05) is 5.69 Å². The van der Waals surface area contributed by atoms with Gasteiger partial charge in [-0.3, -0.25) is 4.79 Å². The highest BCUT2D eigenvalue weighted by Crippen LogP contribution is 2.24. The number of aryl methyl sites for hydroxylation is 1. The van der Waals surface area contributed by atoms with Crippen LogP contribution in [0.15, 0.2) is 30.3 Å². The molecule has 2 aromatic rings. The first-order valence-electron chi connectivity index (χ1n) is 5.47. The van der Waals surface area contributed by atoms with E-state index in [1.165, 1.54) is 12.1 Å². The van der Waals surface area contributed by atoms with E-state index in [9.17, 15) is 13.6 Å². The molecule has 0 aliphatic rings. The molecule has 0 fully saturated rings. The number of halogens is 2. The molecule has 98 valence electrons. The summed E-state index contributed by atoms with van der Waals surface area (Å²) in [5.41, 5.74) is 5.81. The minimum Gasteiger partial charge on any atom is -0.397 e. The van der Waals surface area contributed by atoms with Crippen LogP contribution in [0, 0.1) is 18.6 Å². The number of hydrogen-bond donors (Lipinski definition) is 2. The summed E-state index contributed by atoms with van der Waals surface area (Å²) >= 11 is 0. The van der Waals surface area contributed by atoms with Crippen molar-refractivity contribution < 1.29 is 13.6 Å². The Morgan fingerprint density at radius 3 is 2.68 bits per heavy atom. The van der Waals surface area contributed by atoms with E-state index < -0.39 is 17.5 Å². The third-order valence-corrected chi connectivity index (χ3v) is 2.49. The molecule has 0 atom stereocenters. The van der Waals surface area contributed by atoms with Crippen molar-refractivity contribution in [2.24, 2.45) is 0 Å². The Kier molecular flexibility index (Phi) is 3.41. The fraction of sp³-hybridized carbons (Fsp3) is 0.0769. The van der Waals surface area contributed by atoms with Gasteiger partial charge < -0.3 is 11.1 Å². The number of hydrogen-bond acceptors (Lipinski definition) is 3. The molecule has 19 heavy (non-hydrogen) atoms. The van der Waals surface area contributed by atoms with Crippen LogP contribution < -0.4 is 11.1 Å². The highest BCUT2D eigenvalue weighted by atomic mass is 19.2. The van der Waals surface area contributed by atoms with Crippen molar-refractivity contribution in [3.8, 4) is 0 Å². The van der Waals surface area contributed by atoms with Gasteiger partial charge in [0.15, 0.2) is 11.6 Å². The number of aromatic nitrogens is 1. The quantitative estimate of drug-likeness (QED) is 0.818. The molecule has 0 bridgehead atoms. The normalized spacial score (nSPS) is 10.3. The van der Waals surface area contributed by atoms with Crippen LogP contribution in [0.4, 0.5) is 20.2 Å². The number of carbonyl (C=O) groups excluding carboxylic acids is 1. The summed E-state index contributed by atoms with van der Waals surface area (Å²) in [7, 11) is 0. The maximum atomic E-state index is 13.5. The first-order valence-corrected chi connectivity index (χ1v) is 5.47. The van der Waals surface area contributed by atoms with E-state index in [1.54, 1.807) is 19.1 Å². The second kappa shape index (κ2) is 5.01. The first-order chi connectivity index (χ1) is 8.99. The van der Waals surface area contributed by atoms with Gasteiger partial charge in [-0.25, -0.2) is 13.8 Å². The zero-order chi connectivity index (χ0) is 14.0. The topological polar surface area (TPSA) is 68.0 Å². The summed E-state index contributed by atoms with van der Waals surface area (Å²) in [4.78, 5) is 15.8. The van der Waals surface area contributed by atoms with Crippen molar-refractivity contribution in [1.82, 2.24) is 4.98 Å². The van der Waals surface area contributed by atoms with Crippen LogP contribution in [0.3, 0.4) is 0 Å². The average Bonchev–Trinajstić information content (AvgIpc) is 2.39. The molecule has 1 amide bonds. The fourth-order valence-corrected chi connectivity index (χ4v) is 1.54. The predicted octanol–water partition coefficient (Wildman–Crippen LogP) is 2.50. The van der Waals surface area contributed by atoms with Gasteiger partial charge in [-0.2, -0.15) is 0 Å². The van der Waals surface area contributed by atoms with E-state index in [2.05, 4.69) is 10.3 Å². The second-order valence-electron chi connectivity index (χ2n) is 3.94. The summed E-state index contributed by atoms with van der Waals surface area (Å²) in [6, 6.07) is 6.90. The van der Waals surface area contributed by atoms with E-state index in [0.717, 1.165) is 6.07 Å². The number of nitrogens with zero attached hydrogens (tertiary/aromatic N) is 1. The van der Waals surface area contributed by atoms with Gasteiger partial charge in [-0.05, 0) is 31.2 Å². The summed E-state index contributed by atoms with van der Waals surface area (Å²) in [6.07, 6.45) is 0. The van der Waals surface area contributed by atoms with Crippen LogP contribution in [-0.4, -0.2) is 10.9 Å². The average molecular weight is 263 g/mol. The largest absolute Gasteiger partial charge is 0.397 e. The zero-order valence-electron chi connectivity index (χ0n) is 10.1. The molecule has 2 rings (SSSR count). The molecule has 0 saturated heterocycles. The molecule has 0 saturated carbocycles. The lowest BCUT2D eigenvalue weighted by Gasteiger charge is -2.09. The summed E-state index contributed by atoms with van der Waals surface area (Å²) in [5.74, 6) is -2.93. The Hall–Kier alpha value is -2.50. The molecule has 1 aromatic heterocycles. The second-order valence-corrected chi connectivity index (χ2v) is 3.94.